The van der Waals surface area contributed by atoms with Crippen LogP contribution in [0.5, 0.6) is 0 Å². The Labute approximate surface area is 144 Å². The van der Waals surface area contributed by atoms with Gasteiger partial charge < -0.3 is 5.32 Å². The molecule has 5 nitrogen and oxygen atoms in total. The molecule has 3 aromatic heterocycles. The van der Waals surface area contributed by atoms with Crippen molar-refractivity contribution in [1.82, 2.24) is 19.4 Å². The molecule has 120 valence electrons. The van der Waals surface area contributed by atoms with E-state index >= 15 is 0 Å². The molecule has 4 rings (SSSR count). The van der Waals surface area contributed by atoms with Crippen LogP contribution >= 0.6 is 11.6 Å². The fraction of sp³-hybridized carbons (Fsp3) is 0.167. The van der Waals surface area contributed by atoms with Crippen molar-refractivity contribution in [2.24, 2.45) is 0 Å². The summed E-state index contributed by atoms with van der Waals surface area (Å²) >= 11 is 6.11. The molecule has 0 saturated carbocycles. The second-order valence-corrected chi connectivity index (χ2v) is 6.16. The van der Waals surface area contributed by atoms with E-state index in [-0.39, 0.29) is 0 Å². The summed E-state index contributed by atoms with van der Waals surface area (Å²) in [7, 11) is 0. The summed E-state index contributed by atoms with van der Waals surface area (Å²) in [6, 6.07) is 9.81. The van der Waals surface area contributed by atoms with Gasteiger partial charge in [-0.15, -0.1) is 0 Å². The highest BCUT2D eigenvalue weighted by Gasteiger charge is 2.09. The molecule has 0 spiro atoms. The average Bonchev–Trinajstić information content (AvgIpc) is 3.07. The Kier molecular flexibility index (Phi) is 3.78. The Morgan fingerprint density at radius 2 is 2.04 bits per heavy atom. The first-order valence-electron chi connectivity index (χ1n) is 7.77. The molecule has 0 atom stereocenters. The molecule has 0 aliphatic heterocycles. The number of fused-ring (bicyclic) bond motifs is 3. The van der Waals surface area contributed by atoms with E-state index in [1.54, 1.807) is 6.33 Å². The second kappa shape index (κ2) is 6.09. The number of aromatic nitrogens is 4. The van der Waals surface area contributed by atoms with Gasteiger partial charge in [0, 0.05) is 23.5 Å². The Balaban J connectivity index is 1.62. The number of aryl methyl sites for hydroxylation is 1. The van der Waals surface area contributed by atoms with Crippen LogP contribution in [0.15, 0.2) is 49.1 Å². The predicted molar refractivity (Wildman–Crippen MR) is 96.7 cm³/mol. The molecule has 0 radical (unpaired) electrons. The van der Waals surface area contributed by atoms with Gasteiger partial charge in [0.2, 0.25) is 0 Å². The first kappa shape index (κ1) is 14.9. The number of imidazole rings is 1. The van der Waals surface area contributed by atoms with E-state index in [1.807, 2.05) is 48.0 Å². The molecule has 0 aliphatic rings. The molecule has 6 heteroatoms. The summed E-state index contributed by atoms with van der Waals surface area (Å²) in [6.07, 6.45) is 6.39. The Morgan fingerprint density at radius 1 is 1.12 bits per heavy atom. The topological polar surface area (TPSA) is 55.1 Å². The van der Waals surface area contributed by atoms with Crippen molar-refractivity contribution >= 4 is 34.0 Å². The summed E-state index contributed by atoms with van der Waals surface area (Å²) in [4.78, 5) is 13.3. The zero-order chi connectivity index (χ0) is 16.5. The van der Waals surface area contributed by atoms with E-state index in [9.17, 15) is 0 Å². The summed E-state index contributed by atoms with van der Waals surface area (Å²) in [5, 5.41) is 4.10. The molecule has 0 saturated heterocycles. The van der Waals surface area contributed by atoms with Crippen LogP contribution in [0.25, 0.3) is 16.6 Å². The lowest BCUT2D eigenvalue weighted by molar-refractivity contribution is 0.988. The minimum atomic E-state index is 0.687. The number of rotatable bonds is 4. The molecular formula is C18H16ClN5. The first-order chi connectivity index (χ1) is 11.7. The lowest BCUT2D eigenvalue weighted by Crippen LogP contribution is -2.08. The molecule has 0 bridgehead atoms. The van der Waals surface area contributed by atoms with Crippen LogP contribution in [0.1, 0.15) is 11.3 Å². The molecule has 3 heterocycles. The number of hydrogen-bond donors (Lipinski definition) is 1. The summed E-state index contributed by atoms with van der Waals surface area (Å²) in [5.74, 6) is 0.822. The van der Waals surface area contributed by atoms with Crippen molar-refractivity contribution in [2.45, 2.75) is 13.3 Å². The third-order valence-corrected chi connectivity index (χ3v) is 4.22. The Morgan fingerprint density at radius 3 is 2.88 bits per heavy atom. The van der Waals surface area contributed by atoms with Crippen molar-refractivity contribution in [3.8, 4) is 0 Å². The summed E-state index contributed by atoms with van der Waals surface area (Å²) < 4.78 is 2.00. The second-order valence-electron chi connectivity index (χ2n) is 5.73. The molecule has 0 unspecified atom stereocenters. The smallest absolute Gasteiger partial charge is 0.152 e. The van der Waals surface area contributed by atoms with Crippen LogP contribution in [0, 0.1) is 6.92 Å². The maximum absolute atomic E-state index is 6.11. The van der Waals surface area contributed by atoms with Gasteiger partial charge in [0.25, 0.3) is 0 Å². The Hall–Kier alpha value is -2.66. The van der Waals surface area contributed by atoms with Crippen molar-refractivity contribution < 1.29 is 0 Å². The molecule has 4 aromatic rings. The van der Waals surface area contributed by atoms with E-state index in [4.69, 9.17) is 16.6 Å². The maximum atomic E-state index is 6.11. The number of benzene rings is 1. The van der Waals surface area contributed by atoms with Gasteiger partial charge in [-0.25, -0.2) is 9.97 Å². The molecular weight excluding hydrogens is 322 g/mol. The largest absolute Gasteiger partial charge is 0.368 e. The highest BCUT2D eigenvalue weighted by Crippen LogP contribution is 2.24. The third-order valence-electron chi connectivity index (χ3n) is 3.99. The lowest BCUT2D eigenvalue weighted by Gasteiger charge is -2.10. The van der Waals surface area contributed by atoms with Gasteiger partial charge >= 0.3 is 0 Å². The molecule has 0 fully saturated rings. The van der Waals surface area contributed by atoms with E-state index in [1.165, 1.54) is 5.56 Å². The van der Waals surface area contributed by atoms with E-state index in [0.717, 1.165) is 41.0 Å². The van der Waals surface area contributed by atoms with Gasteiger partial charge in [0.05, 0.1) is 23.6 Å². The number of nitrogens with zero attached hydrogens (tertiary/aromatic N) is 4. The van der Waals surface area contributed by atoms with Gasteiger partial charge in [-0.3, -0.25) is 9.38 Å². The quantitative estimate of drug-likeness (QED) is 0.613. The average molecular weight is 338 g/mol. The molecule has 24 heavy (non-hydrogen) atoms. The number of hydrogen-bond acceptors (Lipinski definition) is 4. The van der Waals surface area contributed by atoms with E-state index < -0.39 is 0 Å². The van der Waals surface area contributed by atoms with Gasteiger partial charge in [0.1, 0.15) is 5.52 Å². The van der Waals surface area contributed by atoms with Crippen LogP contribution in [-0.2, 0) is 6.42 Å². The SMILES string of the molecule is Cc1ccc(CCNc2nc3ccc(Cl)cc3n3cncc23)cn1. The summed E-state index contributed by atoms with van der Waals surface area (Å²) in [6.45, 7) is 2.77. The van der Waals surface area contributed by atoms with Gasteiger partial charge in [-0.2, -0.15) is 0 Å². The number of pyridine rings is 1. The third kappa shape index (κ3) is 2.78. The normalized spacial score (nSPS) is 11.2. The molecule has 1 N–H and O–H groups in total. The van der Waals surface area contributed by atoms with Crippen LogP contribution in [0.3, 0.4) is 0 Å². The zero-order valence-corrected chi connectivity index (χ0v) is 14.0. The van der Waals surface area contributed by atoms with Crippen LogP contribution in [0.4, 0.5) is 5.82 Å². The van der Waals surface area contributed by atoms with Crippen molar-refractivity contribution in [3.05, 3.63) is 65.3 Å². The number of halogens is 1. The van der Waals surface area contributed by atoms with Crippen molar-refractivity contribution in [2.75, 3.05) is 11.9 Å². The van der Waals surface area contributed by atoms with Gasteiger partial charge in [0.15, 0.2) is 5.82 Å². The van der Waals surface area contributed by atoms with Gasteiger partial charge in [-0.05, 0) is 43.2 Å². The minimum absolute atomic E-state index is 0.687. The fourth-order valence-electron chi connectivity index (χ4n) is 2.73. The first-order valence-corrected chi connectivity index (χ1v) is 8.15. The predicted octanol–water partition coefficient (Wildman–Crippen LogP) is 3.89. The van der Waals surface area contributed by atoms with Gasteiger partial charge in [-0.1, -0.05) is 17.7 Å². The van der Waals surface area contributed by atoms with E-state index in [0.29, 0.717) is 5.02 Å². The molecule has 0 aliphatic carbocycles. The van der Waals surface area contributed by atoms with Crippen LogP contribution in [0.2, 0.25) is 5.02 Å². The molecule has 0 amide bonds. The van der Waals surface area contributed by atoms with Crippen molar-refractivity contribution in [1.29, 1.82) is 0 Å². The lowest BCUT2D eigenvalue weighted by atomic mass is 10.2. The van der Waals surface area contributed by atoms with Crippen LogP contribution < -0.4 is 5.32 Å². The summed E-state index contributed by atoms with van der Waals surface area (Å²) in [5.41, 5.74) is 4.99. The van der Waals surface area contributed by atoms with Crippen molar-refractivity contribution in [3.63, 3.8) is 0 Å². The van der Waals surface area contributed by atoms with E-state index in [2.05, 4.69) is 21.4 Å². The molecule has 1 aromatic carbocycles. The highest BCUT2D eigenvalue weighted by atomic mass is 35.5. The number of anilines is 1. The Bertz CT molecular complexity index is 1010. The number of nitrogens with one attached hydrogen (secondary N) is 1. The van der Waals surface area contributed by atoms with Crippen LogP contribution in [-0.4, -0.2) is 25.9 Å². The maximum Gasteiger partial charge on any atom is 0.152 e. The highest BCUT2D eigenvalue weighted by molar-refractivity contribution is 6.31. The standard InChI is InChI=1S/C18H16ClN5/c1-12-2-3-13(9-22-12)6-7-21-18-17-10-20-11-24(17)16-8-14(19)4-5-15(16)23-18/h2-5,8-11H,6-7H2,1H3,(H,21,23). The minimum Gasteiger partial charge on any atom is -0.368 e. The zero-order valence-electron chi connectivity index (χ0n) is 13.2. The monoisotopic (exact) mass is 337 g/mol. The fourth-order valence-corrected chi connectivity index (χ4v) is 2.89.